The normalized spacial score (nSPS) is 13.3. The molecule has 0 aliphatic carbocycles. The van der Waals surface area contributed by atoms with Crippen LogP contribution in [0.25, 0.3) is 0 Å². The van der Waals surface area contributed by atoms with Crippen molar-refractivity contribution < 1.29 is 28.6 Å². The van der Waals surface area contributed by atoms with Crippen LogP contribution in [0.5, 0.6) is 0 Å². The van der Waals surface area contributed by atoms with Crippen LogP contribution < -0.4 is 0 Å². The van der Waals surface area contributed by atoms with Crippen LogP contribution >= 0.6 is 0 Å². The molecule has 0 aromatic rings. The standard InChI is InChI=1S/C12H19O6/c1-4-11(15)17-8-6-12(3,18-9-13)5-7-16-10(2)14/h9H,3-8H2,1-2H3. The van der Waals surface area contributed by atoms with Crippen LogP contribution in [0.3, 0.4) is 0 Å². The van der Waals surface area contributed by atoms with Gasteiger partial charge in [0.25, 0.3) is 6.47 Å². The van der Waals surface area contributed by atoms with Gasteiger partial charge in [-0.25, -0.2) is 0 Å². The Balaban J connectivity index is 4.11. The van der Waals surface area contributed by atoms with Crippen molar-refractivity contribution in [2.45, 2.75) is 38.7 Å². The quantitative estimate of drug-likeness (QED) is 0.349. The van der Waals surface area contributed by atoms with E-state index in [9.17, 15) is 14.4 Å². The van der Waals surface area contributed by atoms with E-state index in [4.69, 9.17) is 14.2 Å². The first-order chi connectivity index (χ1) is 8.43. The summed E-state index contributed by atoms with van der Waals surface area (Å²) in [6.45, 7) is 7.18. The Bertz CT molecular complexity index is 288. The highest BCUT2D eigenvalue weighted by Gasteiger charge is 2.26. The number of ether oxygens (including phenoxy) is 3. The van der Waals surface area contributed by atoms with Gasteiger partial charge in [-0.3, -0.25) is 14.4 Å². The topological polar surface area (TPSA) is 78.9 Å². The highest BCUT2D eigenvalue weighted by molar-refractivity contribution is 5.68. The molecule has 1 unspecified atom stereocenters. The molecule has 0 amide bonds. The summed E-state index contributed by atoms with van der Waals surface area (Å²) in [5.41, 5.74) is -1.05. The van der Waals surface area contributed by atoms with Crippen LogP contribution in [-0.2, 0) is 28.6 Å². The SMILES string of the molecule is [CH2]C(CCOC(C)=O)(CCOC(=O)CC)OC=O. The minimum atomic E-state index is -1.05. The Hall–Kier alpha value is -1.59. The van der Waals surface area contributed by atoms with Crippen LogP contribution in [-0.4, -0.2) is 37.2 Å². The van der Waals surface area contributed by atoms with Crippen molar-refractivity contribution in [3.63, 3.8) is 0 Å². The van der Waals surface area contributed by atoms with Gasteiger partial charge in [-0.1, -0.05) is 6.92 Å². The fraction of sp³-hybridized carbons (Fsp3) is 0.667. The zero-order valence-corrected chi connectivity index (χ0v) is 10.8. The van der Waals surface area contributed by atoms with Crippen molar-refractivity contribution in [1.29, 1.82) is 0 Å². The number of esters is 2. The van der Waals surface area contributed by atoms with E-state index in [1.165, 1.54) is 6.92 Å². The number of rotatable bonds is 9. The highest BCUT2D eigenvalue weighted by atomic mass is 16.6. The van der Waals surface area contributed by atoms with Crippen molar-refractivity contribution >= 4 is 18.4 Å². The van der Waals surface area contributed by atoms with E-state index in [0.717, 1.165) is 0 Å². The summed E-state index contributed by atoms with van der Waals surface area (Å²) in [6.07, 6.45) is 0.778. The molecule has 0 saturated carbocycles. The fourth-order valence-electron chi connectivity index (χ4n) is 1.18. The maximum Gasteiger partial charge on any atom is 0.305 e. The first-order valence-corrected chi connectivity index (χ1v) is 5.69. The highest BCUT2D eigenvalue weighted by Crippen LogP contribution is 2.19. The number of hydrogen-bond acceptors (Lipinski definition) is 6. The van der Waals surface area contributed by atoms with E-state index in [2.05, 4.69) is 6.92 Å². The van der Waals surface area contributed by atoms with Crippen molar-refractivity contribution in [2.24, 2.45) is 0 Å². The molecule has 1 atom stereocenters. The van der Waals surface area contributed by atoms with Gasteiger partial charge in [0, 0.05) is 26.2 Å². The predicted octanol–water partition coefficient (Wildman–Crippen LogP) is 1.03. The fourth-order valence-corrected chi connectivity index (χ4v) is 1.18. The van der Waals surface area contributed by atoms with Crippen LogP contribution in [0.4, 0.5) is 0 Å². The van der Waals surface area contributed by atoms with Gasteiger partial charge in [-0.2, -0.15) is 0 Å². The third-order valence-electron chi connectivity index (χ3n) is 2.27. The molecule has 0 N–H and O–H groups in total. The van der Waals surface area contributed by atoms with Gasteiger partial charge < -0.3 is 14.2 Å². The van der Waals surface area contributed by atoms with E-state index in [0.29, 0.717) is 0 Å². The summed E-state index contributed by atoms with van der Waals surface area (Å²) in [5, 5.41) is 0. The molecule has 0 bridgehead atoms. The number of carbonyl (C=O) groups is 3. The molecule has 6 nitrogen and oxygen atoms in total. The van der Waals surface area contributed by atoms with Crippen LogP contribution in [0.2, 0.25) is 0 Å². The molecule has 18 heavy (non-hydrogen) atoms. The molecule has 103 valence electrons. The second kappa shape index (κ2) is 8.49. The molecule has 0 aliphatic heterocycles. The molecule has 0 heterocycles. The Morgan fingerprint density at radius 1 is 1.22 bits per heavy atom. The van der Waals surface area contributed by atoms with Gasteiger partial charge in [-0.15, -0.1) is 0 Å². The lowest BCUT2D eigenvalue weighted by Gasteiger charge is -2.26. The maximum atomic E-state index is 10.9. The summed E-state index contributed by atoms with van der Waals surface area (Å²) < 4.78 is 14.5. The molecule has 0 spiro atoms. The van der Waals surface area contributed by atoms with Crippen molar-refractivity contribution in [3.05, 3.63) is 6.92 Å². The van der Waals surface area contributed by atoms with Crippen molar-refractivity contribution in [2.75, 3.05) is 13.2 Å². The Morgan fingerprint density at radius 2 is 1.78 bits per heavy atom. The average molecular weight is 259 g/mol. The van der Waals surface area contributed by atoms with Gasteiger partial charge in [0.05, 0.1) is 13.2 Å². The third-order valence-corrected chi connectivity index (χ3v) is 2.27. The van der Waals surface area contributed by atoms with Crippen LogP contribution in [0.15, 0.2) is 0 Å². The second-order valence-electron chi connectivity index (χ2n) is 3.81. The van der Waals surface area contributed by atoms with Gasteiger partial charge in [0.2, 0.25) is 0 Å². The van der Waals surface area contributed by atoms with E-state index < -0.39 is 11.6 Å². The summed E-state index contributed by atoms with van der Waals surface area (Å²) in [5.74, 6) is -0.746. The molecule has 6 heteroatoms. The second-order valence-corrected chi connectivity index (χ2v) is 3.81. The zero-order valence-electron chi connectivity index (χ0n) is 10.8. The molecule has 0 aromatic carbocycles. The molecule has 1 radical (unpaired) electrons. The molecule has 0 aliphatic rings. The summed E-state index contributed by atoms with van der Waals surface area (Å²) >= 11 is 0. The lowest BCUT2D eigenvalue weighted by Crippen LogP contribution is -2.32. The first kappa shape index (κ1) is 16.4. The summed E-state index contributed by atoms with van der Waals surface area (Å²) in [7, 11) is 0. The Morgan fingerprint density at radius 3 is 2.22 bits per heavy atom. The Labute approximate surface area is 107 Å². The molecular formula is C12H19O6. The molecule has 0 aromatic heterocycles. The minimum Gasteiger partial charge on any atom is -0.466 e. The summed E-state index contributed by atoms with van der Waals surface area (Å²) in [6, 6.07) is 0. The smallest absolute Gasteiger partial charge is 0.305 e. The third kappa shape index (κ3) is 7.65. The molecule has 0 fully saturated rings. The zero-order chi connectivity index (χ0) is 14.0. The monoisotopic (exact) mass is 259 g/mol. The Kier molecular flexibility index (Phi) is 7.74. The van der Waals surface area contributed by atoms with E-state index in [1.54, 1.807) is 6.92 Å². The molecular weight excluding hydrogens is 240 g/mol. The predicted molar refractivity (Wildman–Crippen MR) is 62.4 cm³/mol. The largest absolute Gasteiger partial charge is 0.466 e. The van der Waals surface area contributed by atoms with Gasteiger partial charge in [0.1, 0.15) is 5.60 Å². The number of hydrogen-bond donors (Lipinski definition) is 0. The minimum absolute atomic E-state index is 0.0917. The van der Waals surface area contributed by atoms with Gasteiger partial charge in [-0.05, 0) is 6.92 Å². The summed E-state index contributed by atoms with van der Waals surface area (Å²) in [4.78, 5) is 31.9. The first-order valence-electron chi connectivity index (χ1n) is 5.69. The van der Waals surface area contributed by atoms with Crippen LogP contribution in [0, 0.1) is 6.92 Å². The average Bonchev–Trinajstić information content (AvgIpc) is 2.28. The van der Waals surface area contributed by atoms with Crippen LogP contribution in [0.1, 0.15) is 33.1 Å². The van der Waals surface area contributed by atoms with Crippen molar-refractivity contribution in [3.8, 4) is 0 Å². The van der Waals surface area contributed by atoms with Gasteiger partial charge >= 0.3 is 11.9 Å². The van der Waals surface area contributed by atoms with Gasteiger partial charge in [0.15, 0.2) is 0 Å². The lowest BCUT2D eigenvalue weighted by atomic mass is 9.99. The molecule has 0 rings (SSSR count). The maximum absolute atomic E-state index is 10.9. The molecule has 0 saturated heterocycles. The lowest BCUT2D eigenvalue weighted by molar-refractivity contribution is -0.149. The van der Waals surface area contributed by atoms with Crippen molar-refractivity contribution in [1.82, 2.24) is 0 Å². The van der Waals surface area contributed by atoms with E-state index >= 15 is 0 Å². The van der Waals surface area contributed by atoms with E-state index in [1.807, 2.05) is 0 Å². The van der Waals surface area contributed by atoms with E-state index in [-0.39, 0.29) is 44.9 Å². The number of carbonyl (C=O) groups excluding carboxylic acids is 3.